The first-order chi connectivity index (χ1) is 24.4. The second kappa shape index (κ2) is 15.1. The Balaban J connectivity index is 1.20. The van der Waals surface area contributed by atoms with Crippen LogP contribution in [-0.4, -0.2) is 69.5 Å². The molecule has 3 aliphatic rings. The summed E-state index contributed by atoms with van der Waals surface area (Å²) in [5.74, 6) is -0.769. The first-order valence-corrected chi connectivity index (χ1v) is 18.5. The third kappa shape index (κ3) is 7.29. The number of hydrogen-bond acceptors (Lipinski definition) is 9. The summed E-state index contributed by atoms with van der Waals surface area (Å²) in [7, 11) is 0. The second-order valence-electron chi connectivity index (χ2n) is 13.3. The average Bonchev–Trinajstić information content (AvgIpc) is 3.42. The van der Waals surface area contributed by atoms with Crippen LogP contribution in [-0.2, 0) is 25.7 Å². The second-order valence-corrected chi connectivity index (χ2v) is 14.2. The number of carbonyl (C=O) groups is 3. The van der Waals surface area contributed by atoms with Crippen molar-refractivity contribution in [2.75, 3.05) is 13.2 Å². The highest BCUT2D eigenvalue weighted by atomic mass is 32.1. The molecule has 7 rings (SSSR count). The van der Waals surface area contributed by atoms with Crippen molar-refractivity contribution in [3.63, 3.8) is 0 Å². The lowest BCUT2D eigenvalue weighted by Gasteiger charge is -2.30. The molecule has 0 unspecified atom stereocenters. The fourth-order valence-electron chi connectivity index (χ4n) is 7.08. The number of nitrogens with one attached hydrogen (secondary N) is 2. The van der Waals surface area contributed by atoms with Gasteiger partial charge in [0.15, 0.2) is 0 Å². The maximum atomic E-state index is 14.6. The van der Waals surface area contributed by atoms with Crippen molar-refractivity contribution in [3.05, 3.63) is 89.8 Å². The van der Waals surface area contributed by atoms with Gasteiger partial charge in [-0.15, -0.1) is 11.3 Å². The van der Waals surface area contributed by atoms with Crippen LogP contribution >= 0.6 is 11.3 Å². The van der Waals surface area contributed by atoms with Crippen LogP contribution in [0.2, 0.25) is 0 Å². The van der Waals surface area contributed by atoms with Crippen molar-refractivity contribution in [1.29, 1.82) is 0 Å². The van der Waals surface area contributed by atoms with Crippen molar-refractivity contribution in [2.45, 2.75) is 82.1 Å². The number of thiophene rings is 1. The SMILES string of the molecule is CCOC(=O)[C@@]12C[C@H]1/C=C\CCCCC[C@H](NCc1ccccc1)C(=O)N1C[C@H](Oc3nc4ccccc4nc3-c3cccs3)C[C@H]1C(=O)N2. The highest BCUT2D eigenvalue weighted by Gasteiger charge is 2.62. The molecule has 1 saturated heterocycles. The molecule has 1 aliphatic carbocycles. The molecule has 0 bridgehead atoms. The molecule has 1 saturated carbocycles. The van der Waals surface area contributed by atoms with Crippen molar-refractivity contribution in [1.82, 2.24) is 25.5 Å². The van der Waals surface area contributed by atoms with E-state index in [9.17, 15) is 14.4 Å². The number of para-hydroxylation sites is 2. The van der Waals surface area contributed by atoms with Gasteiger partial charge in [-0.05, 0) is 61.7 Å². The van der Waals surface area contributed by atoms with E-state index < -0.39 is 29.7 Å². The summed E-state index contributed by atoms with van der Waals surface area (Å²) in [6, 6.07) is 20.2. The van der Waals surface area contributed by atoms with Crippen molar-refractivity contribution in [2.24, 2.45) is 5.92 Å². The number of allylic oxidation sites excluding steroid dienone is 1. The van der Waals surface area contributed by atoms with Crippen molar-refractivity contribution < 1.29 is 23.9 Å². The summed E-state index contributed by atoms with van der Waals surface area (Å²) in [4.78, 5) is 54.5. The average molecular weight is 694 g/mol. The third-order valence-corrected chi connectivity index (χ3v) is 10.7. The van der Waals surface area contributed by atoms with Gasteiger partial charge in [0.1, 0.15) is 23.4 Å². The molecule has 2 amide bonds. The predicted octanol–water partition coefficient (Wildman–Crippen LogP) is 5.82. The first kappa shape index (κ1) is 33.9. The van der Waals surface area contributed by atoms with Gasteiger partial charge in [0, 0.05) is 18.9 Å². The lowest BCUT2D eigenvalue weighted by Crippen LogP contribution is -2.56. The van der Waals surface area contributed by atoms with Crippen LogP contribution in [0.5, 0.6) is 5.88 Å². The standard InChI is InChI=1S/C39H43N5O5S/c1-2-48-38(47)39-23-27(39)16-9-4-3-5-10-19-31(40-24-26-14-7-6-8-15-26)37(46)44-25-28(22-32(44)35(45)43-39)49-36-34(33-20-13-21-50-33)41-29-17-11-12-18-30(29)42-36/h6-9,11-18,20-21,27-28,31-32,40H,2-5,10,19,22-25H2,1H3,(H,43,45)/b16-9-/t27-,28-,31+,32+,39-/m1/s1. The number of benzene rings is 2. The number of rotatable bonds is 8. The van der Waals surface area contributed by atoms with Crippen molar-refractivity contribution >= 4 is 40.2 Å². The molecule has 0 spiro atoms. The molecule has 2 N–H and O–H groups in total. The first-order valence-electron chi connectivity index (χ1n) is 17.7. The Morgan fingerprint density at radius 3 is 2.60 bits per heavy atom. The molecule has 2 aromatic carbocycles. The number of esters is 1. The van der Waals surface area contributed by atoms with E-state index in [-0.39, 0.29) is 37.3 Å². The number of fused-ring (bicyclic) bond motifs is 3. The maximum Gasteiger partial charge on any atom is 0.332 e. The Morgan fingerprint density at radius 1 is 1.02 bits per heavy atom. The molecule has 2 aliphatic heterocycles. The summed E-state index contributed by atoms with van der Waals surface area (Å²) in [6.07, 6.45) is 8.63. The minimum atomic E-state index is -1.14. The van der Waals surface area contributed by atoms with Crippen LogP contribution in [0.4, 0.5) is 0 Å². The monoisotopic (exact) mass is 693 g/mol. The molecule has 260 valence electrons. The van der Waals surface area contributed by atoms with Crippen LogP contribution in [0, 0.1) is 5.92 Å². The minimum Gasteiger partial charge on any atom is -0.471 e. The van der Waals surface area contributed by atoms with E-state index in [0.29, 0.717) is 36.5 Å². The van der Waals surface area contributed by atoms with Gasteiger partial charge in [-0.3, -0.25) is 9.59 Å². The van der Waals surface area contributed by atoms with E-state index in [0.717, 1.165) is 41.6 Å². The molecule has 5 atom stereocenters. The molecule has 50 heavy (non-hydrogen) atoms. The molecule has 2 aromatic heterocycles. The minimum absolute atomic E-state index is 0.152. The maximum absolute atomic E-state index is 14.6. The van der Waals surface area contributed by atoms with Crippen LogP contribution in [0.1, 0.15) is 57.4 Å². The van der Waals surface area contributed by atoms with Gasteiger partial charge in [0.2, 0.25) is 17.7 Å². The zero-order valence-electron chi connectivity index (χ0n) is 28.3. The predicted molar refractivity (Wildman–Crippen MR) is 192 cm³/mol. The largest absolute Gasteiger partial charge is 0.471 e. The molecule has 4 aromatic rings. The van der Waals surface area contributed by atoms with E-state index >= 15 is 0 Å². The molecule has 2 fully saturated rings. The lowest BCUT2D eigenvalue weighted by molar-refractivity contribution is -0.150. The van der Waals surface area contributed by atoms with Crippen LogP contribution in [0.25, 0.3) is 21.6 Å². The van der Waals surface area contributed by atoms with Gasteiger partial charge in [-0.1, -0.05) is 73.5 Å². The third-order valence-electron chi connectivity index (χ3n) is 9.85. The summed E-state index contributed by atoms with van der Waals surface area (Å²) in [6.45, 7) is 2.69. The number of hydrogen-bond donors (Lipinski definition) is 2. The quantitative estimate of drug-likeness (QED) is 0.175. The molecule has 4 heterocycles. The fraction of sp³-hybridized carbons (Fsp3) is 0.410. The van der Waals surface area contributed by atoms with Crippen LogP contribution < -0.4 is 15.4 Å². The van der Waals surface area contributed by atoms with Crippen molar-refractivity contribution in [3.8, 4) is 16.5 Å². The highest BCUT2D eigenvalue weighted by molar-refractivity contribution is 7.13. The summed E-state index contributed by atoms with van der Waals surface area (Å²) in [5.41, 5.74) is 2.00. The van der Waals surface area contributed by atoms with Gasteiger partial charge >= 0.3 is 5.97 Å². The summed E-state index contributed by atoms with van der Waals surface area (Å²) >= 11 is 1.54. The van der Waals surface area contributed by atoms with Gasteiger partial charge < -0.3 is 25.0 Å². The Hall–Kier alpha value is -4.61. The van der Waals surface area contributed by atoms with E-state index in [1.165, 1.54) is 0 Å². The van der Waals surface area contributed by atoms with Crippen LogP contribution in [0.15, 0.2) is 84.3 Å². The highest BCUT2D eigenvalue weighted by Crippen LogP contribution is 2.46. The smallest absolute Gasteiger partial charge is 0.332 e. The number of amides is 2. The Bertz CT molecular complexity index is 1850. The van der Waals surface area contributed by atoms with E-state index in [1.807, 2.05) is 78.2 Å². The van der Waals surface area contributed by atoms with Gasteiger partial charge in [-0.25, -0.2) is 14.8 Å². The Labute approximate surface area is 296 Å². The zero-order chi connectivity index (χ0) is 34.5. The molecular weight excluding hydrogens is 651 g/mol. The molecular formula is C39H43N5O5S. The fourth-order valence-corrected chi connectivity index (χ4v) is 7.79. The normalized spacial score (nSPS) is 26.2. The van der Waals surface area contributed by atoms with E-state index in [1.54, 1.807) is 23.2 Å². The Morgan fingerprint density at radius 2 is 1.82 bits per heavy atom. The van der Waals surface area contributed by atoms with Gasteiger partial charge in [-0.2, -0.15) is 0 Å². The van der Waals surface area contributed by atoms with Gasteiger partial charge in [0.05, 0.1) is 35.1 Å². The molecule has 11 heteroatoms. The number of aromatic nitrogens is 2. The summed E-state index contributed by atoms with van der Waals surface area (Å²) < 4.78 is 12.1. The Kier molecular flexibility index (Phi) is 10.2. The number of carbonyl (C=O) groups excluding carboxylic acids is 3. The zero-order valence-corrected chi connectivity index (χ0v) is 29.1. The lowest BCUT2D eigenvalue weighted by atomic mass is 10.0. The van der Waals surface area contributed by atoms with E-state index in [4.69, 9.17) is 19.4 Å². The summed E-state index contributed by atoms with van der Waals surface area (Å²) in [5, 5.41) is 8.55. The topological polar surface area (TPSA) is 123 Å². The molecule has 0 radical (unpaired) electrons. The van der Waals surface area contributed by atoms with E-state index in [2.05, 4.69) is 16.7 Å². The van der Waals surface area contributed by atoms with Crippen LogP contribution in [0.3, 0.4) is 0 Å². The van der Waals surface area contributed by atoms with Gasteiger partial charge in [0.25, 0.3) is 0 Å². The number of nitrogens with zero attached hydrogens (tertiary/aromatic N) is 3. The molecule has 10 nitrogen and oxygen atoms in total. The number of ether oxygens (including phenoxy) is 2.